The highest BCUT2D eigenvalue weighted by atomic mass is 16.4. The van der Waals surface area contributed by atoms with Crippen molar-refractivity contribution in [3.63, 3.8) is 0 Å². The second-order valence-corrected chi connectivity index (χ2v) is 5.35. The number of phenolic OH excluding ortho intramolecular Hbond substituents is 1. The summed E-state index contributed by atoms with van der Waals surface area (Å²) < 4.78 is 0. The summed E-state index contributed by atoms with van der Waals surface area (Å²) in [6.07, 6.45) is 1.25. The highest BCUT2D eigenvalue weighted by Gasteiger charge is 2.36. The molecule has 2 atom stereocenters. The summed E-state index contributed by atoms with van der Waals surface area (Å²) in [7, 11) is 0. The number of hydrogen-bond donors (Lipinski definition) is 2. The van der Waals surface area contributed by atoms with Crippen LogP contribution in [-0.4, -0.2) is 39.6 Å². The Kier molecular flexibility index (Phi) is 3.97. The van der Waals surface area contributed by atoms with E-state index in [0.717, 1.165) is 5.56 Å². The van der Waals surface area contributed by atoms with E-state index in [9.17, 15) is 19.8 Å². The Morgan fingerprint density at radius 3 is 2.65 bits per heavy atom. The van der Waals surface area contributed by atoms with Gasteiger partial charge in [-0.1, -0.05) is 6.07 Å². The minimum Gasteiger partial charge on any atom is -0.507 e. The molecule has 1 heterocycles. The van der Waals surface area contributed by atoms with Gasteiger partial charge in [-0.15, -0.1) is 0 Å². The van der Waals surface area contributed by atoms with Gasteiger partial charge in [-0.05, 0) is 44.4 Å². The molecule has 1 saturated heterocycles. The van der Waals surface area contributed by atoms with Crippen LogP contribution in [0, 0.1) is 12.8 Å². The number of phenols is 1. The molecule has 20 heavy (non-hydrogen) atoms. The van der Waals surface area contributed by atoms with Gasteiger partial charge in [0.25, 0.3) is 5.91 Å². The lowest BCUT2D eigenvalue weighted by molar-refractivity contribution is -0.144. The molecule has 1 aliphatic rings. The summed E-state index contributed by atoms with van der Waals surface area (Å²) in [6, 6.07) is 4.52. The fraction of sp³-hybridized carbons (Fsp3) is 0.467. The zero-order chi connectivity index (χ0) is 14.9. The molecule has 1 amide bonds. The highest BCUT2D eigenvalue weighted by Crippen LogP contribution is 2.28. The third kappa shape index (κ3) is 2.61. The van der Waals surface area contributed by atoms with Crippen molar-refractivity contribution in [2.45, 2.75) is 32.7 Å². The number of carboxylic acids is 1. The standard InChI is InChI=1S/C15H19NO4/c1-9-5-6-12(13(17)8-9)14(18)16-7-3-4-11(10(16)2)15(19)20/h5-6,8,10-11,17H,3-4,7H2,1-2H3,(H,19,20)/t10-,11-/m1/s1. The minimum atomic E-state index is -0.872. The molecule has 0 spiro atoms. The lowest BCUT2D eigenvalue weighted by atomic mass is 9.89. The van der Waals surface area contributed by atoms with Gasteiger partial charge in [0.15, 0.2) is 0 Å². The van der Waals surface area contributed by atoms with E-state index in [-0.39, 0.29) is 23.3 Å². The van der Waals surface area contributed by atoms with E-state index in [2.05, 4.69) is 0 Å². The largest absolute Gasteiger partial charge is 0.507 e. The van der Waals surface area contributed by atoms with Crippen molar-refractivity contribution in [1.82, 2.24) is 4.90 Å². The third-order valence-corrected chi connectivity index (χ3v) is 3.95. The molecule has 0 unspecified atom stereocenters. The van der Waals surface area contributed by atoms with Crippen LogP contribution in [0.4, 0.5) is 0 Å². The van der Waals surface area contributed by atoms with Gasteiger partial charge in [-0.3, -0.25) is 9.59 Å². The molecule has 2 rings (SSSR count). The summed E-state index contributed by atoms with van der Waals surface area (Å²) >= 11 is 0. The third-order valence-electron chi connectivity index (χ3n) is 3.95. The second kappa shape index (κ2) is 5.53. The maximum atomic E-state index is 12.5. The first-order valence-corrected chi connectivity index (χ1v) is 6.75. The number of piperidine rings is 1. The van der Waals surface area contributed by atoms with Crippen molar-refractivity contribution in [2.24, 2.45) is 5.92 Å². The number of carbonyl (C=O) groups is 2. The Balaban J connectivity index is 2.26. The lowest BCUT2D eigenvalue weighted by Gasteiger charge is -2.37. The highest BCUT2D eigenvalue weighted by molar-refractivity contribution is 5.97. The zero-order valence-corrected chi connectivity index (χ0v) is 11.7. The summed E-state index contributed by atoms with van der Waals surface area (Å²) in [5.74, 6) is -1.77. The van der Waals surface area contributed by atoms with Crippen LogP contribution < -0.4 is 0 Å². The number of aromatic hydroxyl groups is 1. The number of nitrogens with zero attached hydrogens (tertiary/aromatic N) is 1. The number of carbonyl (C=O) groups excluding carboxylic acids is 1. The van der Waals surface area contributed by atoms with Crippen LogP contribution in [-0.2, 0) is 4.79 Å². The van der Waals surface area contributed by atoms with Crippen molar-refractivity contribution in [3.05, 3.63) is 29.3 Å². The Hall–Kier alpha value is -2.04. The van der Waals surface area contributed by atoms with Crippen LogP contribution in [0.25, 0.3) is 0 Å². The van der Waals surface area contributed by atoms with Gasteiger partial charge >= 0.3 is 5.97 Å². The number of rotatable bonds is 2. The minimum absolute atomic E-state index is 0.0559. The van der Waals surface area contributed by atoms with Crippen molar-refractivity contribution >= 4 is 11.9 Å². The molecular weight excluding hydrogens is 258 g/mol. The van der Waals surface area contributed by atoms with Crippen molar-refractivity contribution in [1.29, 1.82) is 0 Å². The molecule has 0 aliphatic carbocycles. The molecule has 108 valence electrons. The van der Waals surface area contributed by atoms with E-state index in [1.807, 2.05) is 6.92 Å². The molecule has 1 fully saturated rings. The monoisotopic (exact) mass is 277 g/mol. The number of aryl methyl sites for hydroxylation is 1. The molecule has 5 nitrogen and oxygen atoms in total. The van der Waals surface area contributed by atoms with Crippen LogP contribution in [0.1, 0.15) is 35.7 Å². The molecule has 0 saturated carbocycles. The molecule has 1 aromatic carbocycles. The Labute approximate surface area is 117 Å². The second-order valence-electron chi connectivity index (χ2n) is 5.35. The quantitative estimate of drug-likeness (QED) is 0.867. The van der Waals surface area contributed by atoms with Gasteiger partial charge in [0.1, 0.15) is 5.75 Å². The number of carboxylic acid groups (broad SMARTS) is 1. The first-order valence-electron chi connectivity index (χ1n) is 6.75. The van der Waals surface area contributed by atoms with E-state index in [0.29, 0.717) is 19.4 Å². The predicted molar refractivity (Wildman–Crippen MR) is 73.7 cm³/mol. The van der Waals surface area contributed by atoms with E-state index in [1.165, 1.54) is 6.07 Å². The van der Waals surface area contributed by atoms with Gasteiger partial charge in [-0.25, -0.2) is 0 Å². The lowest BCUT2D eigenvalue weighted by Crippen LogP contribution is -2.49. The maximum Gasteiger partial charge on any atom is 0.308 e. The van der Waals surface area contributed by atoms with E-state index in [4.69, 9.17) is 0 Å². The van der Waals surface area contributed by atoms with Gasteiger partial charge in [0.2, 0.25) is 0 Å². The maximum absolute atomic E-state index is 12.5. The molecule has 1 aliphatic heterocycles. The van der Waals surface area contributed by atoms with Gasteiger partial charge in [0.05, 0.1) is 11.5 Å². The van der Waals surface area contributed by atoms with Crippen LogP contribution >= 0.6 is 0 Å². The Morgan fingerprint density at radius 2 is 2.05 bits per heavy atom. The summed E-state index contributed by atoms with van der Waals surface area (Å²) in [4.78, 5) is 25.2. The Morgan fingerprint density at radius 1 is 1.35 bits per heavy atom. The van der Waals surface area contributed by atoms with Crippen LogP contribution in [0.3, 0.4) is 0 Å². The average molecular weight is 277 g/mol. The van der Waals surface area contributed by atoms with Crippen molar-refractivity contribution in [3.8, 4) is 5.75 Å². The molecule has 1 aromatic rings. The summed E-state index contributed by atoms with van der Waals surface area (Å²) in [5, 5.41) is 19.1. The predicted octanol–water partition coefficient (Wildman–Crippen LogP) is 2.03. The molecule has 0 radical (unpaired) electrons. The first-order chi connectivity index (χ1) is 9.41. The fourth-order valence-corrected chi connectivity index (χ4v) is 2.74. The zero-order valence-electron chi connectivity index (χ0n) is 11.7. The average Bonchev–Trinajstić information content (AvgIpc) is 2.38. The number of likely N-dealkylation sites (tertiary alicyclic amines) is 1. The van der Waals surface area contributed by atoms with E-state index in [1.54, 1.807) is 24.0 Å². The van der Waals surface area contributed by atoms with E-state index >= 15 is 0 Å². The smallest absolute Gasteiger partial charge is 0.308 e. The SMILES string of the molecule is Cc1ccc(C(=O)N2CCC[C@@H](C(=O)O)[C@H]2C)c(O)c1. The number of aliphatic carboxylic acids is 1. The normalized spacial score (nSPS) is 22.6. The molecule has 5 heteroatoms. The molecular formula is C15H19NO4. The van der Waals surface area contributed by atoms with Crippen molar-refractivity contribution < 1.29 is 19.8 Å². The van der Waals surface area contributed by atoms with Crippen molar-refractivity contribution in [2.75, 3.05) is 6.54 Å². The Bertz CT molecular complexity index is 541. The van der Waals surface area contributed by atoms with Gasteiger partial charge in [-0.2, -0.15) is 0 Å². The van der Waals surface area contributed by atoms with Gasteiger partial charge in [0, 0.05) is 12.6 Å². The van der Waals surface area contributed by atoms with Crippen LogP contribution in [0.15, 0.2) is 18.2 Å². The molecule has 2 N–H and O–H groups in total. The number of benzene rings is 1. The van der Waals surface area contributed by atoms with Crippen LogP contribution in [0.2, 0.25) is 0 Å². The molecule has 0 aromatic heterocycles. The first kappa shape index (κ1) is 14.4. The molecule has 0 bridgehead atoms. The topological polar surface area (TPSA) is 77.8 Å². The fourth-order valence-electron chi connectivity index (χ4n) is 2.74. The number of amides is 1. The van der Waals surface area contributed by atoms with Crippen LogP contribution in [0.5, 0.6) is 5.75 Å². The van der Waals surface area contributed by atoms with E-state index < -0.39 is 11.9 Å². The number of hydrogen-bond acceptors (Lipinski definition) is 3. The van der Waals surface area contributed by atoms with Gasteiger partial charge < -0.3 is 15.1 Å². The summed E-state index contributed by atoms with van der Waals surface area (Å²) in [5.41, 5.74) is 1.10. The summed E-state index contributed by atoms with van der Waals surface area (Å²) in [6.45, 7) is 4.11.